The minimum absolute atomic E-state index is 0.0390. The highest BCUT2D eigenvalue weighted by Crippen LogP contribution is 2.14. The number of fused-ring (bicyclic) bond motifs is 1. The van der Waals surface area contributed by atoms with Crippen molar-refractivity contribution in [3.63, 3.8) is 0 Å². The number of rotatable bonds is 5. The number of ether oxygens (including phenoxy) is 1. The van der Waals surface area contributed by atoms with Crippen LogP contribution in [-0.2, 0) is 16.1 Å². The third-order valence-electron chi connectivity index (χ3n) is 3.85. The van der Waals surface area contributed by atoms with E-state index in [4.69, 9.17) is 4.74 Å². The molecule has 0 aliphatic rings. The van der Waals surface area contributed by atoms with Crippen LogP contribution < -0.4 is 10.9 Å². The van der Waals surface area contributed by atoms with Crippen molar-refractivity contribution in [1.82, 2.24) is 15.5 Å². The van der Waals surface area contributed by atoms with Gasteiger partial charge in [0.15, 0.2) is 11.8 Å². The number of amides is 1. The molecular formula is C19H17N3O4. The molecule has 2 aromatic carbocycles. The zero-order valence-corrected chi connectivity index (χ0v) is 14.1. The fraction of sp³-hybridized carbons (Fsp3) is 0.158. The van der Waals surface area contributed by atoms with E-state index in [1.54, 1.807) is 24.3 Å². The first kappa shape index (κ1) is 17.3. The van der Waals surface area contributed by atoms with Gasteiger partial charge in [0.2, 0.25) is 0 Å². The molecule has 0 fully saturated rings. The zero-order valence-electron chi connectivity index (χ0n) is 14.1. The quantitative estimate of drug-likeness (QED) is 0.683. The second-order valence-corrected chi connectivity index (χ2v) is 5.70. The molecule has 0 aliphatic heterocycles. The summed E-state index contributed by atoms with van der Waals surface area (Å²) in [5.74, 6) is -1.20. The molecule has 2 N–H and O–H groups in total. The standard InChI is InChI=1S/C19H17N3O4/c1-12(17(23)20-11-13-7-3-2-4-8-13)26-19(25)16-14-9-5-6-10-15(14)18(24)22-21-16/h2-10,12H,11H2,1H3,(H,20,23)(H,22,24)/t12-/m0/s1. The highest BCUT2D eigenvalue weighted by molar-refractivity contribution is 6.02. The summed E-state index contributed by atoms with van der Waals surface area (Å²) in [6.07, 6.45) is -1.00. The third kappa shape index (κ3) is 3.77. The topological polar surface area (TPSA) is 101 Å². The van der Waals surface area contributed by atoms with Crippen LogP contribution in [0.3, 0.4) is 0 Å². The molecule has 1 aromatic heterocycles. The molecule has 3 aromatic rings. The van der Waals surface area contributed by atoms with E-state index in [1.165, 1.54) is 6.92 Å². The summed E-state index contributed by atoms with van der Waals surface area (Å²) in [6.45, 7) is 1.81. The molecule has 0 aliphatic carbocycles. The highest BCUT2D eigenvalue weighted by atomic mass is 16.5. The lowest BCUT2D eigenvalue weighted by Gasteiger charge is -2.13. The molecule has 1 amide bonds. The number of aromatic amines is 1. The predicted molar refractivity (Wildman–Crippen MR) is 95.5 cm³/mol. The van der Waals surface area contributed by atoms with Crippen molar-refractivity contribution in [1.29, 1.82) is 0 Å². The van der Waals surface area contributed by atoms with Crippen LogP contribution in [0.25, 0.3) is 10.8 Å². The number of nitrogens with one attached hydrogen (secondary N) is 2. The number of benzene rings is 2. The van der Waals surface area contributed by atoms with Crippen molar-refractivity contribution in [3.05, 3.63) is 76.2 Å². The second kappa shape index (κ2) is 7.60. The van der Waals surface area contributed by atoms with Crippen LogP contribution in [0.1, 0.15) is 23.0 Å². The maximum Gasteiger partial charge on any atom is 0.360 e. The molecule has 0 saturated carbocycles. The van der Waals surface area contributed by atoms with Crippen LogP contribution in [-0.4, -0.2) is 28.2 Å². The molecule has 0 bridgehead atoms. The van der Waals surface area contributed by atoms with Crippen molar-refractivity contribution in [2.75, 3.05) is 0 Å². The summed E-state index contributed by atoms with van der Waals surface area (Å²) >= 11 is 0. The largest absolute Gasteiger partial charge is 0.448 e. The predicted octanol–water partition coefficient (Wildman–Crippen LogP) is 1.78. The molecule has 7 nitrogen and oxygen atoms in total. The van der Waals surface area contributed by atoms with E-state index in [0.717, 1.165) is 5.56 Å². The van der Waals surface area contributed by atoms with E-state index >= 15 is 0 Å². The molecule has 1 atom stereocenters. The van der Waals surface area contributed by atoms with Gasteiger partial charge in [-0.3, -0.25) is 9.59 Å². The highest BCUT2D eigenvalue weighted by Gasteiger charge is 2.22. The summed E-state index contributed by atoms with van der Waals surface area (Å²) in [5.41, 5.74) is 0.501. The second-order valence-electron chi connectivity index (χ2n) is 5.70. The van der Waals surface area contributed by atoms with E-state index in [-0.39, 0.29) is 5.69 Å². The van der Waals surface area contributed by atoms with Gasteiger partial charge in [-0.25, -0.2) is 9.89 Å². The molecular weight excluding hydrogens is 334 g/mol. The van der Waals surface area contributed by atoms with Gasteiger partial charge < -0.3 is 10.1 Å². The summed E-state index contributed by atoms with van der Waals surface area (Å²) < 4.78 is 5.20. The lowest BCUT2D eigenvalue weighted by molar-refractivity contribution is -0.129. The Kier molecular flexibility index (Phi) is 5.07. The Hall–Kier alpha value is -3.48. The average Bonchev–Trinajstić information content (AvgIpc) is 2.67. The molecule has 0 unspecified atom stereocenters. The van der Waals surface area contributed by atoms with Gasteiger partial charge in [-0.05, 0) is 18.6 Å². The van der Waals surface area contributed by atoms with Crippen LogP contribution in [0.4, 0.5) is 0 Å². The van der Waals surface area contributed by atoms with Gasteiger partial charge in [0.1, 0.15) is 0 Å². The molecule has 0 saturated heterocycles. The van der Waals surface area contributed by atoms with Crippen LogP contribution in [0.5, 0.6) is 0 Å². The van der Waals surface area contributed by atoms with Crippen LogP contribution >= 0.6 is 0 Å². The van der Waals surface area contributed by atoms with Gasteiger partial charge in [0.25, 0.3) is 11.5 Å². The Labute approximate surface area is 149 Å². The van der Waals surface area contributed by atoms with Gasteiger partial charge in [-0.2, -0.15) is 5.10 Å². The van der Waals surface area contributed by atoms with Crippen molar-refractivity contribution in [2.24, 2.45) is 0 Å². The van der Waals surface area contributed by atoms with E-state index in [0.29, 0.717) is 17.3 Å². The molecule has 7 heteroatoms. The minimum atomic E-state index is -1.00. The van der Waals surface area contributed by atoms with Crippen molar-refractivity contribution >= 4 is 22.6 Å². The minimum Gasteiger partial charge on any atom is -0.448 e. The average molecular weight is 351 g/mol. The lowest BCUT2D eigenvalue weighted by atomic mass is 10.1. The Morgan fingerprint density at radius 2 is 1.73 bits per heavy atom. The maximum absolute atomic E-state index is 12.4. The van der Waals surface area contributed by atoms with E-state index in [2.05, 4.69) is 15.5 Å². The number of carbonyl (C=O) groups excluding carboxylic acids is 2. The molecule has 0 spiro atoms. The first-order valence-electron chi connectivity index (χ1n) is 8.06. The summed E-state index contributed by atoms with van der Waals surface area (Å²) in [6, 6.07) is 16.0. The number of hydrogen-bond acceptors (Lipinski definition) is 5. The fourth-order valence-corrected chi connectivity index (χ4v) is 2.47. The molecule has 26 heavy (non-hydrogen) atoms. The van der Waals surface area contributed by atoms with E-state index in [1.807, 2.05) is 30.3 Å². The summed E-state index contributed by atoms with van der Waals surface area (Å²) in [5, 5.41) is 9.44. The number of nitrogens with zero attached hydrogens (tertiary/aromatic N) is 1. The molecule has 1 heterocycles. The van der Waals surface area contributed by atoms with Crippen molar-refractivity contribution < 1.29 is 14.3 Å². The SMILES string of the molecule is C[C@H](OC(=O)c1n[nH]c(=O)c2ccccc12)C(=O)NCc1ccccc1. The van der Waals surface area contributed by atoms with E-state index in [9.17, 15) is 14.4 Å². The van der Waals surface area contributed by atoms with Gasteiger partial charge >= 0.3 is 5.97 Å². The Bertz CT molecular complexity index is 998. The molecule has 3 rings (SSSR count). The monoisotopic (exact) mass is 351 g/mol. The number of esters is 1. The number of H-pyrrole nitrogens is 1. The number of carbonyl (C=O) groups is 2. The Morgan fingerprint density at radius 1 is 1.08 bits per heavy atom. The Balaban J connectivity index is 1.69. The van der Waals surface area contributed by atoms with Crippen molar-refractivity contribution in [3.8, 4) is 0 Å². The smallest absolute Gasteiger partial charge is 0.360 e. The van der Waals surface area contributed by atoms with Gasteiger partial charge in [-0.1, -0.05) is 48.5 Å². The van der Waals surface area contributed by atoms with Crippen molar-refractivity contribution in [2.45, 2.75) is 19.6 Å². The van der Waals surface area contributed by atoms with Crippen LogP contribution in [0.15, 0.2) is 59.4 Å². The first-order valence-corrected chi connectivity index (χ1v) is 8.06. The number of hydrogen-bond donors (Lipinski definition) is 2. The summed E-state index contributed by atoms with van der Waals surface area (Å²) in [7, 11) is 0. The van der Waals surface area contributed by atoms with Gasteiger partial charge in [0.05, 0.1) is 5.39 Å². The normalized spacial score (nSPS) is 11.7. The molecule has 132 valence electrons. The Morgan fingerprint density at radius 3 is 2.46 bits per heavy atom. The zero-order chi connectivity index (χ0) is 18.5. The molecule has 0 radical (unpaired) electrons. The van der Waals surface area contributed by atoms with E-state index < -0.39 is 23.5 Å². The maximum atomic E-state index is 12.4. The van der Waals surface area contributed by atoms with Gasteiger partial charge in [0, 0.05) is 11.9 Å². The summed E-state index contributed by atoms with van der Waals surface area (Å²) in [4.78, 5) is 36.3. The fourth-order valence-electron chi connectivity index (χ4n) is 2.47. The lowest BCUT2D eigenvalue weighted by Crippen LogP contribution is -2.35. The van der Waals surface area contributed by atoms with Crippen LogP contribution in [0, 0.1) is 0 Å². The first-order chi connectivity index (χ1) is 12.6. The van der Waals surface area contributed by atoms with Gasteiger partial charge in [-0.15, -0.1) is 0 Å². The number of aromatic nitrogens is 2. The third-order valence-corrected chi connectivity index (χ3v) is 3.85. The van der Waals surface area contributed by atoms with Crippen LogP contribution in [0.2, 0.25) is 0 Å².